The third-order valence-corrected chi connectivity index (χ3v) is 1.84. The van der Waals surface area contributed by atoms with Crippen LogP contribution in [0, 0.1) is 0 Å². The maximum atomic E-state index is 8.39. The molecule has 76 valence electrons. The Labute approximate surface area is 88.8 Å². The van der Waals surface area contributed by atoms with Gasteiger partial charge in [-0.15, -0.1) is 0 Å². The van der Waals surface area contributed by atoms with Gasteiger partial charge in [-0.05, 0) is 27.4 Å². The summed E-state index contributed by atoms with van der Waals surface area (Å²) in [4.78, 5) is 13.1. The van der Waals surface area contributed by atoms with E-state index in [0.29, 0.717) is 10.9 Å². The van der Waals surface area contributed by atoms with Crippen LogP contribution in [-0.4, -0.2) is 9.97 Å². The third-order valence-electron chi connectivity index (χ3n) is 1.84. The minimum absolute atomic E-state index is 0.0661. The molecule has 1 heterocycles. The number of fused-ring (bicyclic) bond motifs is 1. The van der Waals surface area contributed by atoms with Crippen molar-refractivity contribution in [3.05, 3.63) is 45.2 Å². The Bertz CT molecular complexity index is 636. The first-order valence-electron chi connectivity index (χ1n) is 4.22. The molecule has 0 aliphatic rings. The van der Waals surface area contributed by atoms with Crippen molar-refractivity contribution in [2.45, 2.75) is 0 Å². The van der Waals surface area contributed by atoms with E-state index in [1.54, 1.807) is 24.3 Å². The topological polar surface area (TPSA) is 123 Å². The molecule has 8 nitrogen and oxygen atoms in total. The largest absolute Gasteiger partial charge is 0.227 e. The number of nitrogens with zero attached hydrogens (tertiary/aromatic N) is 8. The highest BCUT2D eigenvalue weighted by molar-refractivity contribution is 5.88. The Morgan fingerprint density at radius 3 is 2.50 bits per heavy atom. The predicted octanol–water partition coefficient (Wildman–Crippen LogP) is 3.51. The van der Waals surface area contributed by atoms with E-state index in [9.17, 15) is 0 Å². The van der Waals surface area contributed by atoms with Gasteiger partial charge in [0.25, 0.3) is 0 Å². The molecule has 1 aromatic carbocycles. The van der Waals surface area contributed by atoms with Gasteiger partial charge in [-0.3, -0.25) is 0 Å². The molecule has 0 bridgehead atoms. The van der Waals surface area contributed by atoms with Gasteiger partial charge in [0.15, 0.2) is 0 Å². The van der Waals surface area contributed by atoms with Crippen LogP contribution in [0.15, 0.2) is 34.5 Å². The quantitative estimate of drug-likeness (QED) is 0.429. The highest BCUT2D eigenvalue weighted by Crippen LogP contribution is 2.25. The molecule has 0 unspecified atom stereocenters. The van der Waals surface area contributed by atoms with Crippen molar-refractivity contribution in [2.24, 2.45) is 10.2 Å². The Morgan fingerprint density at radius 2 is 1.75 bits per heavy atom. The lowest BCUT2D eigenvalue weighted by Gasteiger charge is -2.00. The first kappa shape index (κ1) is 9.72. The van der Waals surface area contributed by atoms with Gasteiger partial charge in [-0.25, -0.2) is 9.97 Å². The fourth-order valence-electron chi connectivity index (χ4n) is 1.25. The van der Waals surface area contributed by atoms with Crippen molar-refractivity contribution in [2.75, 3.05) is 0 Å². The van der Waals surface area contributed by atoms with E-state index < -0.39 is 0 Å². The second kappa shape index (κ2) is 4.14. The number of para-hydroxylation sites is 1. The fraction of sp³-hybridized carbons (Fsp3) is 0. The van der Waals surface area contributed by atoms with Crippen LogP contribution in [0.5, 0.6) is 0 Å². The van der Waals surface area contributed by atoms with E-state index in [-0.39, 0.29) is 11.8 Å². The van der Waals surface area contributed by atoms with Crippen LogP contribution in [0.3, 0.4) is 0 Å². The molecule has 8 heteroatoms. The summed E-state index contributed by atoms with van der Waals surface area (Å²) in [5.74, 6) is 0.0825. The lowest BCUT2D eigenvalue weighted by molar-refractivity contribution is 1.15. The van der Waals surface area contributed by atoms with Gasteiger partial charge in [-0.1, -0.05) is 18.2 Å². The van der Waals surface area contributed by atoms with E-state index in [2.05, 4.69) is 30.0 Å². The molecule has 0 N–H and O–H groups in total. The summed E-state index contributed by atoms with van der Waals surface area (Å²) in [5, 5.41) is 7.31. The zero-order chi connectivity index (χ0) is 11.4. The van der Waals surface area contributed by atoms with Crippen molar-refractivity contribution in [1.82, 2.24) is 9.97 Å². The van der Waals surface area contributed by atoms with Crippen molar-refractivity contribution in [3.63, 3.8) is 0 Å². The number of aromatic nitrogens is 2. The van der Waals surface area contributed by atoms with Crippen LogP contribution in [0.25, 0.3) is 31.8 Å². The van der Waals surface area contributed by atoms with Crippen molar-refractivity contribution < 1.29 is 0 Å². The van der Waals surface area contributed by atoms with Crippen molar-refractivity contribution in [1.29, 1.82) is 0 Å². The molecule has 0 saturated carbocycles. The second-order valence-electron chi connectivity index (χ2n) is 2.74. The monoisotopic (exact) mass is 212 g/mol. The Balaban J connectivity index is 2.82. The molecular weight excluding hydrogens is 208 g/mol. The molecule has 0 spiro atoms. The average molecular weight is 212 g/mol. The van der Waals surface area contributed by atoms with Crippen LogP contribution in [0.4, 0.5) is 11.8 Å². The molecule has 0 fully saturated rings. The summed E-state index contributed by atoms with van der Waals surface area (Å²) >= 11 is 0. The molecule has 0 saturated heterocycles. The molecule has 0 aliphatic carbocycles. The number of benzene rings is 1. The third kappa shape index (κ3) is 1.69. The standard InChI is InChI=1S/C8H4N8/c9-15-13-7-5-3-1-2-4-6(5)11-8(12-7)14-16-10/h1-4H. The normalized spacial score (nSPS) is 9.25. The first-order valence-corrected chi connectivity index (χ1v) is 4.22. The van der Waals surface area contributed by atoms with E-state index in [4.69, 9.17) is 11.1 Å². The van der Waals surface area contributed by atoms with Gasteiger partial charge in [0.1, 0.15) is 5.82 Å². The van der Waals surface area contributed by atoms with E-state index >= 15 is 0 Å². The van der Waals surface area contributed by atoms with E-state index in [1.165, 1.54) is 0 Å². The summed E-state index contributed by atoms with van der Waals surface area (Å²) in [7, 11) is 0. The van der Waals surface area contributed by atoms with Crippen LogP contribution < -0.4 is 0 Å². The molecule has 0 aliphatic heterocycles. The summed E-state index contributed by atoms with van der Waals surface area (Å²) in [6.07, 6.45) is 0. The lowest BCUT2D eigenvalue weighted by atomic mass is 10.2. The lowest BCUT2D eigenvalue weighted by Crippen LogP contribution is -1.84. The van der Waals surface area contributed by atoms with Gasteiger partial charge < -0.3 is 0 Å². The number of azide groups is 2. The minimum Gasteiger partial charge on any atom is -0.227 e. The predicted molar refractivity (Wildman–Crippen MR) is 57.2 cm³/mol. The smallest absolute Gasteiger partial charge is 0.217 e. The van der Waals surface area contributed by atoms with E-state index in [1.807, 2.05) is 0 Å². The van der Waals surface area contributed by atoms with Crippen LogP contribution in [-0.2, 0) is 0 Å². The van der Waals surface area contributed by atoms with Gasteiger partial charge in [-0.2, -0.15) is 0 Å². The molecule has 2 rings (SSSR count). The highest BCUT2D eigenvalue weighted by atomic mass is 15.2. The molecule has 0 atom stereocenters. The highest BCUT2D eigenvalue weighted by Gasteiger charge is 2.04. The summed E-state index contributed by atoms with van der Waals surface area (Å²) in [6.45, 7) is 0. The molecule has 1 aromatic heterocycles. The number of rotatable bonds is 2. The second-order valence-corrected chi connectivity index (χ2v) is 2.74. The fourth-order valence-corrected chi connectivity index (χ4v) is 1.25. The van der Waals surface area contributed by atoms with Gasteiger partial charge >= 0.3 is 0 Å². The van der Waals surface area contributed by atoms with Gasteiger partial charge in [0.2, 0.25) is 5.95 Å². The van der Waals surface area contributed by atoms with Crippen LogP contribution in [0.1, 0.15) is 0 Å². The molecule has 16 heavy (non-hydrogen) atoms. The SMILES string of the molecule is [N-]=[N+]=Nc1nc(N=[N+]=[N-])c2ccccc2n1. The molecular formula is C8H4N8. The van der Waals surface area contributed by atoms with E-state index in [0.717, 1.165) is 0 Å². The maximum absolute atomic E-state index is 8.39. The Kier molecular flexibility index (Phi) is 2.52. The molecule has 0 radical (unpaired) electrons. The van der Waals surface area contributed by atoms with Crippen molar-refractivity contribution >= 4 is 22.7 Å². The summed E-state index contributed by atoms with van der Waals surface area (Å²) < 4.78 is 0. The zero-order valence-corrected chi connectivity index (χ0v) is 7.89. The zero-order valence-electron chi connectivity index (χ0n) is 7.89. The van der Waals surface area contributed by atoms with Crippen LogP contribution in [0.2, 0.25) is 0 Å². The average Bonchev–Trinajstić information content (AvgIpc) is 2.30. The number of hydrogen-bond donors (Lipinski definition) is 0. The van der Waals surface area contributed by atoms with Crippen LogP contribution >= 0.6 is 0 Å². The minimum atomic E-state index is -0.0661. The van der Waals surface area contributed by atoms with Crippen molar-refractivity contribution in [3.8, 4) is 0 Å². The van der Waals surface area contributed by atoms with Gasteiger partial charge in [0, 0.05) is 15.2 Å². The first-order chi connectivity index (χ1) is 7.85. The Morgan fingerprint density at radius 1 is 1.00 bits per heavy atom. The summed E-state index contributed by atoms with van der Waals surface area (Å²) in [5.41, 5.74) is 17.2. The molecule has 0 amide bonds. The Hall–Kier alpha value is -2.82. The maximum Gasteiger partial charge on any atom is 0.217 e. The van der Waals surface area contributed by atoms with Gasteiger partial charge in [0.05, 0.1) is 5.52 Å². The summed E-state index contributed by atoms with van der Waals surface area (Å²) in [6, 6.07) is 6.98. The number of hydrogen-bond acceptors (Lipinski definition) is 4. The molecule has 2 aromatic rings.